The first-order valence-electron chi connectivity index (χ1n) is 13.9. The number of halogens is 1. The lowest BCUT2D eigenvalue weighted by atomic mass is 10.00. The number of carbonyl (C=O) groups excluding carboxylic acids is 2. The molecule has 3 aliphatic heterocycles. The van der Waals surface area contributed by atoms with Crippen LogP contribution >= 0.6 is 11.6 Å². The summed E-state index contributed by atoms with van der Waals surface area (Å²) in [6.45, 7) is 10.4. The van der Waals surface area contributed by atoms with Crippen LogP contribution in [0.15, 0.2) is 30.3 Å². The number of fused-ring (bicyclic) bond motifs is 2. The molecular weight excluding hydrogens is 584 g/mol. The predicted molar refractivity (Wildman–Crippen MR) is 159 cm³/mol. The Bertz CT molecular complexity index is 1490. The average Bonchev–Trinajstić information content (AvgIpc) is 3.08. The summed E-state index contributed by atoms with van der Waals surface area (Å²) >= 11 is 6.95. The number of anilines is 1. The number of aromatic nitrogens is 1. The van der Waals surface area contributed by atoms with E-state index >= 15 is 0 Å². The zero-order chi connectivity index (χ0) is 30.6. The number of piperazine rings is 1. The Morgan fingerprint density at radius 3 is 2.48 bits per heavy atom. The summed E-state index contributed by atoms with van der Waals surface area (Å²) in [4.78, 5) is 37.3. The largest absolute Gasteiger partial charge is 0.489 e. The Morgan fingerprint density at radius 2 is 1.83 bits per heavy atom. The average molecular weight is 621 g/mol. The fourth-order valence-electron chi connectivity index (χ4n) is 5.79. The summed E-state index contributed by atoms with van der Waals surface area (Å²) in [5, 5.41) is 0.207. The molecule has 0 bridgehead atoms. The van der Waals surface area contributed by atoms with Crippen molar-refractivity contribution in [3.63, 3.8) is 0 Å². The van der Waals surface area contributed by atoms with E-state index in [1.54, 1.807) is 9.80 Å². The molecule has 42 heavy (non-hydrogen) atoms. The van der Waals surface area contributed by atoms with E-state index in [4.69, 9.17) is 30.2 Å². The lowest BCUT2D eigenvalue weighted by Crippen LogP contribution is -2.58. The number of hydrogen-bond acceptors (Lipinski definition) is 9. The van der Waals surface area contributed by atoms with E-state index in [1.165, 1.54) is 0 Å². The Labute approximate surface area is 251 Å². The number of nitrogens with zero attached hydrogens (tertiary/aromatic N) is 4. The van der Waals surface area contributed by atoms with Crippen LogP contribution in [0.4, 0.5) is 10.6 Å². The third-order valence-corrected chi connectivity index (χ3v) is 8.54. The second-order valence-corrected chi connectivity index (χ2v) is 14.6. The Balaban J connectivity index is 1.57. The van der Waals surface area contributed by atoms with Gasteiger partial charge >= 0.3 is 6.09 Å². The highest BCUT2D eigenvalue weighted by Crippen LogP contribution is 2.46. The Kier molecular flexibility index (Phi) is 7.86. The maximum absolute atomic E-state index is 14.3. The molecule has 4 heterocycles. The van der Waals surface area contributed by atoms with Crippen LogP contribution in [0.25, 0.3) is 11.3 Å². The minimum atomic E-state index is -3.71. The second-order valence-electron chi connectivity index (χ2n) is 12.6. The van der Waals surface area contributed by atoms with Crippen LogP contribution < -0.4 is 9.64 Å². The van der Waals surface area contributed by atoms with Gasteiger partial charge in [-0.3, -0.25) is 8.98 Å². The van der Waals surface area contributed by atoms with Crippen LogP contribution in [0, 0.1) is 0 Å². The summed E-state index contributed by atoms with van der Waals surface area (Å²) in [6.07, 6.45) is 0.345. The molecule has 1 unspecified atom stereocenters. The molecule has 11 nitrogen and oxygen atoms in total. The first kappa shape index (κ1) is 30.4. The van der Waals surface area contributed by atoms with Gasteiger partial charge in [-0.1, -0.05) is 41.9 Å². The summed E-state index contributed by atoms with van der Waals surface area (Å²) in [7, 11) is -3.71. The molecular formula is C29H37ClN4O7S. The number of rotatable bonds is 4. The van der Waals surface area contributed by atoms with Gasteiger partial charge in [0.15, 0.2) is 5.75 Å². The van der Waals surface area contributed by atoms with E-state index in [2.05, 4.69) is 0 Å². The van der Waals surface area contributed by atoms with Gasteiger partial charge in [0.05, 0.1) is 24.1 Å². The SMILES string of the molecule is CC(C)(C)OC(=O)N1CCN2C(=O)c3c(N4CC(OS(C)(=O)=O)CC4(C)C)nc(-c4ccccc4)c(Cl)c3OC[C@H]2C1. The van der Waals surface area contributed by atoms with Crippen LogP contribution in [-0.4, -0.2) is 97.5 Å². The van der Waals surface area contributed by atoms with Gasteiger partial charge in [-0.05, 0) is 41.0 Å². The molecule has 1 aromatic carbocycles. The molecule has 2 atom stereocenters. The van der Waals surface area contributed by atoms with E-state index in [1.807, 2.05) is 69.9 Å². The molecule has 2 aromatic rings. The third kappa shape index (κ3) is 6.16. The van der Waals surface area contributed by atoms with Gasteiger partial charge in [0.1, 0.15) is 28.6 Å². The van der Waals surface area contributed by atoms with E-state index < -0.39 is 39.5 Å². The number of ether oxygens (including phenoxy) is 2. The summed E-state index contributed by atoms with van der Waals surface area (Å²) in [5.74, 6) is 0.244. The third-order valence-electron chi connectivity index (χ3n) is 7.56. The highest BCUT2D eigenvalue weighted by atomic mass is 35.5. The van der Waals surface area contributed by atoms with Crippen molar-refractivity contribution in [3.8, 4) is 17.0 Å². The first-order valence-corrected chi connectivity index (χ1v) is 16.1. The number of pyridine rings is 1. The highest BCUT2D eigenvalue weighted by molar-refractivity contribution is 7.86. The van der Waals surface area contributed by atoms with E-state index in [0.29, 0.717) is 24.5 Å². The van der Waals surface area contributed by atoms with Gasteiger partial charge in [0.25, 0.3) is 16.0 Å². The van der Waals surface area contributed by atoms with Crippen LogP contribution in [0.5, 0.6) is 5.75 Å². The molecule has 2 amide bonds. The molecule has 2 fully saturated rings. The lowest BCUT2D eigenvalue weighted by molar-refractivity contribution is 0.000951. The van der Waals surface area contributed by atoms with Gasteiger partial charge in [-0.15, -0.1) is 0 Å². The maximum atomic E-state index is 14.3. The zero-order valence-corrected chi connectivity index (χ0v) is 26.3. The van der Waals surface area contributed by atoms with E-state index in [-0.39, 0.29) is 48.5 Å². The predicted octanol–water partition coefficient (Wildman–Crippen LogP) is 4.19. The standard InChI is InChI=1S/C29H37ClN4O7S/c1-28(2,3)40-27(36)32-12-13-33-19(15-32)17-39-24-21(26(33)35)25(31-23(22(24)30)18-10-8-7-9-11-18)34-16-20(14-29(34,4)5)41-42(6,37)38/h7-11,19-20H,12-17H2,1-6H3/t19-,20?/m1/s1. The topological polar surface area (TPSA) is 119 Å². The van der Waals surface area contributed by atoms with Gasteiger partial charge < -0.3 is 24.2 Å². The van der Waals surface area contributed by atoms with Gasteiger partial charge in [-0.2, -0.15) is 8.42 Å². The molecule has 1 aromatic heterocycles. The summed E-state index contributed by atoms with van der Waals surface area (Å²) < 4.78 is 41.2. The highest BCUT2D eigenvalue weighted by Gasteiger charge is 2.46. The normalized spacial score (nSPS) is 22.3. The van der Waals surface area contributed by atoms with Crippen molar-refractivity contribution in [1.29, 1.82) is 0 Å². The molecule has 2 saturated heterocycles. The van der Waals surface area contributed by atoms with Gasteiger partial charge in [0.2, 0.25) is 0 Å². The first-order chi connectivity index (χ1) is 19.5. The van der Waals surface area contributed by atoms with Crippen LogP contribution in [0.2, 0.25) is 5.02 Å². The number of amides is 2. The molecule has 5 rings (SSSR count). The quantitative estimate of drug-likeness (QED) is 0.464. The molecule has 3 aliphatic rings. The van der Waals surface area contributed by atoms with Crippen LogP contribution in [-0.2, 0) is 19.0 Å². The zero-order valence-electron chi connectivity index (χ0n) is 24.7. The molecule has 0 radical (unpaired) electrons. The molecule has 0 saturated carbocycles. The van der Waals surface area contributed by atoms with Crippen molar-refractivity contribution in [2.24, 2.45) is 0 Å². The molecule has 228 valence electrons. The van der Waals surface area contributed by atoms with Crippen LogP contribution in [0.3, 0.4) is 0 Å². The minimum Gasteiger partial charge on any atom is -0.489 e. The van der Waals surface area contributed by atoms with Crippen molar-refractivity contribution in [3.05, 3.63) is 40.9 Å². The monoisotopic (exact) mass is 620 g/mol. The van der Waals surface area contributed by atoms with Crippen molar-refractivity contribution >= 4 is 39.5 Å². The summed E-state index contributed by atoms with van der Waals surface area (Å²) in [6, 6.07) is 8.92. The van der Waals surface area contributed by atoms with Gasteiger partial charge in [0, 0.05) is 37.3 Å². The molecule has 13 heteroatoms. The number of carbonyl (C=O) groups is 2. The Hall–Kier alpha value is -3.09. The van der Waals surface area contributed by atoms with Crippen molar-refractivity contribution in [2.45, 2.75) is 64.3 Å². The fraction of sp³-hybridized carbons (Fsp3) is 0.552. The van der Waals surface area contributed by atoms with E-state index in [9.17, 15) is 18.0 Å². The maximum Gasteiger partial charge on any atom is 0.410 e. The fourth-order valence-corrected chi connectivity index (χ4v) is 6.71. The van der Waals surface area contributed by atoms with Crippen molar-refractivity contribution in [1.82, 2.24) is 14.8 Å². The van der Waals surface area contributed by atoms with Crippen LogP contribution in [0.1, 0.15) is 51.4 Å². The van der Waals surface area contributed by atoms with Gasteiger partial charge in [-0.25, -0.2) is 9.78 Å². The summed E-state index contributed by atoms with van der Waals surface area (Å²) in [5.41, 5.74) is 0.128. The Morgan fingerprint density at radius 1 is 1.14 bits per heavy atom. The molecule has 0 N–H and O–H groups in total. The van der Waals surface area contributed by atoms with Crippen molar-refractivity contribution in [2.75, 3.05) is 43.9 Å². The van der Waals surface area contributed by atoms with E-state index in [0.717, 1.165) is 11.8 Å². The smallest absolute Gasteiger partial charge is 0.410 e. The molecule has 0 spiro atoms. The second kappa shape index (κ2) is 10.9. The lowest BCUT2D eigenvalue weighted by Gasteiger charge is -2.40. The minimum absolute atomic E-state index is 0.110. The number of benzene rings is 1. The molecule has 0 aliphatic carbocycles. The number of hydrogen-bond donors (Lipinski definition) is 0. The van der Waals surface area contributed by atoms with Crippen molar-refractivity contribution < 1.29 is 31.7 Å².